The second-order valence-corrected chi connectivity index (χ2v) is 6.35. The first-order valence-corrected chi connectivity index (χ1v) is 9.50. The molecule has 0 rings (SSSR count). The molecule has 0 aromatic carbocycles. The van der Waals surface area contributed by atoms with Crippen LogP contribution in [0.5, 0.6) is 0 Å². The van der Waals surface area contributed by atoms with Crippen molar-refractivity contribution in [3.63, 3.8) is 0 Å². The van der Waals surface area contributed by atoms with Gasteiger partial charge in [-0.15, -0.1) is 0 Å². The zero-order chi connectivity index (χ0) is 16.3. The van der Waals surface area contributed by atoms with Crippen LogP contribution in [0, 0.1) is 0 Å². The molecule has 4 nitrogen and oxygen atoms in total. The Morgan fingerprint density at radius 2 is 1.14 bits per heavy atom. The summed E-state index contributed by atoms with van der Waals surface area (Å²) in [6.45, 7) is 2.54. The number of rotatable bonds is 18. The van der Waals surface area contributed by atoms with Crippen molar-refractivity contribution in [2.24, 2.45) is 5.73 Å². The minimum Gasteiger partial charge on any atom is -0.396 e. The van der Waals surface area contributed by atoms with E-state index >= 15 is 0 Å². The van der Waals surface area contributed by atoms with Gasteiger partial charge in [0.1, 0.15) is 0 Å². The number of nitrogens with two attached hydrogens (primary N) is 1. The Hall–Kier alpha value is -0.160. The monoisotopic (exact) mass is 316 g/mol. The number of aliphatic hydroxyl groups excluding tert-OH is 2. The molecule has 0 bridgehead atoms. The molecule has 4 heteroatoms. The molecule has 0 saturated carbocycles. The first kappa shape index (κ1) is 21.8. The van der Waals surface area contributed by atoms with Crippen LogP contribution in [-0.2, 0) is 0 Å². The highest BCUT2D eigenvalue weighted by Gasteiger charge is 2.06. The maximum Gasteiger partial charge on any atom is 0.0431 e. The lowest BCUT2D eigenvalue weighted by atomic mass is 10.0. The molecule has 0 aliphatic carbocycles. The molecular formula is C18H40N2O2. The van der Waals surface area contributed by atoms with Crippen LogP contribution in [0.3, 0.4) is 0 Å². The van der Waals surface area contributed by atoms with Crippen LogP contribution in [0.4, 0.5) is 0 Å². The molecule has 22 heavy (non-hydrogen) atoms. The summed E-state index contributed by atoms with van der Waals surface area (Å²) < 4.78 is 0. The SMILES string of the molecule is NCCC(CCCCCCCO)NCCCCCCCCO. The maximum atomic E-state index is 8.75. The Labute approximate surface area is 137 Å². The third-order valence-electron chi connectivity index (χ3n) is 4.24. The normalized spacial score (nSPS) is 12.7. The minimum absolute atomic E-state index is 0.331. The topological polar surface area (TPSA) is 78.5 Å². The second kappa shape index (κ2) is 18.9. The van der Waals surface area contributed by atoms with Crippen LogP contribution in [0.2, 0.25) is 0 Å². The fraction of sp³-hybridized carbons (Fsp3) is 1.00. The zero-order valence-electron chi connectivity index (χ0n) is 14.6. The quantitative estimate of drug-likeness (QED) is 0.293. The summed E-state index contributed by atoms with van der Waals surface area (Å²) in [5.41, 5.74) is 5.71. The number of hydrogen-bond acceptors (Lipinski definition) is 4. The Bertz CT molecular complexity index is 204. The highest BCUT2D eigenvalue weighted by molar-refractivity contribution is 4.67. The van der Waals surface area contributed by atoms with E-state index in [0.29, 0.717) is 19.3 Å². The van der Waals surface area contributed by atoms with Crippen LogP contribution in [0.1, 0.15) is 83.5 Å². The largest absolute Gasteiger partial charge is 0.396 e. The number of hydrogen-bond donors (Lipinski definition) is 4. The number of nitrogens with one attached hydrogen (secondary N) is 1. The van der Waals surface area contributed by atoms with Gasteiger partial charge in [-0.1, -0.05) is 51.4 Å². The lowest BCUT2D eigenvalue weighted by Gasteiger charge is -2.18. The zero-order valence-corrected chi connectivity index (χ0v) is 14.6. The summed E-state index contributed by atoms with van der Waals surface area (Å²) >= 11 is 0. The summed E-state index contributed by atoms with van der Waals surface area (Å²) in [6, 6.07) is 0.581. The van der Waals surface area contributed by atoms with Crippen molar-refractivity contribution in [2.75, 3.05) is 26.3 Å². The van der Waals surface area contributed by atoms with Gasteiger partial charge in [-0.3, -0.25) is 0 Å². The van der Waals surface area contributed by atoms with Crippen molar-refractivity contribution >= 4 is 0 Å². The summed E-state index contributed by atoms with van der Waals surface area (Å²) in [5.74, 6) is 0. The standard InChI is InChI=1S/C18H40N2O2/c19-14-13-18(12-8-4-3-7-11-17-22)20-15-9-5-1-2-6-10-16-21/h18,20-22H,1-17,19H2. The van der Waals surface area contributed by atoms with Gasteiger partial charge in [0.05, 0.1) is 0 Å². The molecule has 1 unspecified atom stereocenters. The summed E-state index contributed by atoms with van der Waals surface area (Å²) in [4.78, 5) is 0. The Morgan fingerprint density at radius 1 is 0.636 bits per heavy atom. The number of unbranched alkanes of at least 4 members (excludes halogenated alkanes) is 9. The van der Waals surface area contributed by atoms with E-state index in [1.54, 1.807) is 0 Å². The van der Waals surface area contributed by atoms with E-state index in [1.165, 1.54) is 51.4 Å². The van der Waals surface area contributed by atoms with Gasteiger partial charge in [-0.25, -0.2) is 0 Å². The summed E-state index contributed by atoms with van der Waals surface area (Å²) in [7, 11) is 0. The van der Waals surface area contributed by atoms with E-state index in [-0.39, 0.29) is 0 Å². The van der Waals surface area contributed by atoms with E-state index in [4.69, 9.17) is 15.9 Å². The van der Waals surface area contributed by atoms with Gasteiger partial charge in [0.15, 0.2) is 0 Å². The van der Waals surface area contributed by atoms with E-state index < -0.39 is 0 Å². The van der Waals surface area contributed by atoms with Gasteiger partial charge in [-0.2, -0.15) is 0 Å². The van der Waals surface area contributed by atoms with Crippen LogP contribution in [0.15, 0.2) is 0 Å². The van der Waals surface area contributed by atoms with Crippen LogP contribution in [-0.4, -0.2) is 42.6 Å². The van der Waals surface area contributed by atoms with Gasteiger partial charge >= 0.3 is 0 Å². The van der Waals surface area contributed by atoms with Gasteiger partial charge in [-0.05, 0) is 45.2 Å². The van der Waals surface area contributed by atoms with Gasteiger partial charge in [0.25, 0.3) is 0 Å². The smallest absolute Gasteiger partial charge is 0.0431 e. The Morgan fingerprint density at radius 3 is 1.68 bits per heavy atom. The minimum atomic E-state index is 0.331. The van der Waals surface area contributed by atoms with Crippen LogP contribution < -0.4 is 11.1 Å². The molecule has 134 valence electrons. The molecule has 0 aliphatic heterocycles. The third-order valence-corrected chi connectivity index (χ3v) is 4.24. The first-order chi connectivity index (χ1) is 10.8. The molecule has 0 saturated heterocycles. The molecule has 0 spiro atoms. The molecule has 0 aromatic heterocycles. The van der Waals surface area contributed by atoms with Crippen molar-refractivity contribution in [1.82, 2.24) is 5.32 Å². The lowest BCUT2D eigenvalue weighted by molar-refractivity contribution is 0.282. The molecule has 0 fully saturated rings. The van der Waals surface area contributed by atoms with Gasteiger partial charge in [0.2, 0.25) is 0 Å². The highest BCUT2D eigenvalue weighted by Crippen LogP contribution is 2.10. The summed E-state index contributed by atoms with van der Waals surface area (Å²) in [6.07, 6.45) is 15.4. The average molecular weight is 317 g/mol. The molecule has 0 aliphatic rings. The molecular weight excluding hydrogens is 276 g/mol. The Balaban J connectivity index is 3.43. The first-order valence-electron chi connectivity index (χ1n) is 9.50. The van der Waals surface area contributed by atoms with E-state index in [1.807, 2.05) is 0 Å². The Kier molecular flexibility index (Phi) is 18.8. The van der Waals surface area contributed by atoms with E-state index in [0.717, 1.165) is 45.2 Å². The molecule has 0 amide bonds. The van der Waals surface area contributed by atoms with E-state index in [9.17, 15) is 0 Å². The third kappa shape index (κ3) is 16.2. The van der Waals surface area contributed by atoms with Gasteiger partial charge < -0.3 is 21.3 Å². The lowest BCUT2D eigenvalue weighted by Crippen LogP contribution is -2.32. The van der Waals surface area contributed by atoms with Crippen molar-refractivity contribution in [2.45, 2.75) is 89.5 Å². The average Bonchev–Trinajstić information content (AvgIpc) is 2.53. The molecule has 0 radical (unpaired) electrons. The number of aliphatic hydroxyl groups is 2. The predicted molar refractivity (Wildman–Crippen MR) is 95.0 cm³/mol. The molecule has 0 heterocycles. The molecule has 5 N–H and O–H groups in total. The molecule has 0 aromatic rings. The van der Waals surface area contributed by atoms with Crippen molar-refractivity contribution in [1.29, 1.82) is 0 Å². The fourth-order valence-corrected chi connectivity index (χ4v) is 2.83. The van der Waals surface area contributed by atoms with Crippen molar-refractivity contribution < 1.29 is 10.2 Å². The van der Waals surface area contributed by atoms with E-state index in [2.05, 4.69) is 5.32 Å². The van der Waals surface area contributed by atoms with Crippen molar-refractivity contribution in [3.05, 3.63) is 0 Å². The highest BCUT2D eigenvalue weighted by atomic mass is 16.3. The van der Waals surface area contributed by atoms with Crippen LogP contribution in [0.25, 0.3) is 0 Å². The predicted octanol–water partition coefficient (Wildman–Crippen LogP) is 2.96. The fourth-order valence-electron chi connectivity index (χ4n) is 2.83. The van der Waals surface area contributed by atoms with Crippen LogP contribution >= 0.6 is 0 Å². The van der Waals surface area contributed by atoms with Gasteiger partial charge in [0, 0.05) is 19.3 Å². The second-order valence-electron chi connectivity index (χ2n) is 6.35. The maximum absolute atomic E-state index is 8.75. The summed E-state index contributed by atoms with van der Waals surface area (Å²) in [5, 5.41) is 21.1. The molecule has 1 atom stereocenters. The van der Waals surface area contributed by atoms with Crippen molar-refractivity contribution in [3.8, 4) is 0 Å².